The molecule has 0 fully saturated rings. The molecule has 14 heavy (non-hydrogen) atoms. The van der Waals surface area contributed by atoms with Gasteiger partial charge in [-0.25, -0.2) is 4.39 Å². The third-order valence-electron chi connectivity index (χ3n) is 1.88. The first-order valence-electron chi connectivity index (χ1n) is 4.04. The minimum atomic E-state index is -0.577. The maximum absolute atomic E-state index is 12.9. The van der Waals surface area contributed by atoms with E-state index in [2.05, 4.69) is 0 Å². The lowest BCUT2D eigenvalue weighted by molar-refractivity contribution is -0.113. The van der Waals surface area contributed by atoms with Crippen LogP contribution in [0.4, 0.5) is 10.1 Å². The number of primary amides is 1. The molecule has 0 radical (unpaired) electrons. The molecule has 3 nitrogen and oxygen atoms in total. The van der Waals surface area contributed by atoms with Crippen molar-refractivity contribution in [2.75, 3.05) is 5.73 Å². The van der Waals surface area contributed by atoms with Crippen LogP contribution in [0.1, 0.15) is 11.1 Å². The summed E-state index contributed by atoms with van der Waals surface area (Å²) in [5.74, 6) is -1.01. The summed E-state index contributed by atoms with van der Waals surface area (Å²) >= 11 is 0. The van der Waals surface area contributed by atoms with Crippen LogP contribution in [0.2, 0.25) is 0 Å². The van der Waals surface area contributed by atoms with Crippen LogP contribution in [-0.2, 0) is 4.79 Å². The van der Waals surface area contributed by atoms with Crippen LogP contribution >= 0.6 is 0 Å². The fourth-order valence-corrected chi connectivity index (χ4v) is 1.07. The van der Waals surface area contributed by atoms with Gasteiger partial charge in [-0.15, -0.1) is 0 Å². The van der Waals surface area contributed by atoms with Crippen molar-refractivity contribution in [3.63, 3.8) is 0 Å². The second kappa shape index (κ2) is 3.91. The fraction of sp³-hybridized carbons (Fsp3) is 0.100. The number of benzene rings is 1. The van der Waals surface area contributed by atoms with Gasteiger partial charge in [-0.3, -0.25) is 4.79 Å². The molecular formula is C10H11FN2O. The SMILES string of the molecule is Cc1c(N)cc(F)cc1C=CC(N)=O. The number of rotatable bonds is 2. The average Bonchev–Trinajstić information content (AvgIpc) is 2.08. The summed E-state index contributed by atoms with van der Waals surface area (Å²) in [5, 5.41) is 0. The first-order chi connectivity index (χ1) is 6.50. The molecule has 4 heteroatoms. The van der Waals surface area contributed by atoms with Gasteiger partial charge in [0.1, 0.15) is 5.82 Å². The number of carbonyl (C=O) groups is 1. The minimum Gasteiger partial charge on any atom is -0.398 e. The Labute approximate surface area is 81.2 Å². The van der Waals surface area contributed by atoms with Gasteiger partial charge in [0, 0.05) is 11.8 Å². The smallest absolute Gasteiger partial charge is 0.241 e. The fourth-order valence-electron chi connectivity index (χ4n) is 1.07. The van der Waals surface area contributed by atoms with Crippen LogP contribution in [-0.4, -0.2) is 5.91 Å². The van der Waals surface area contributed by atoms with E-state index < -0.39 is 11.7 Å². The second-order valence-corrected chi connectivity index (χ2v) is 2.94. The monoisotopic (exact) mass is 194 g/mol. The highest BCUT2D eigenvalue weighted by molar-refractivity contribution is 5.90. The molecule has 0 atom stereocenters. The molecule has 4 N–H and O–H groups in total. The summed E-state index contributed by atoms with van der Waals surface area (Å²) in [6.07, 6.45) is 2.61. The lowest BCUT2D eigenvalue weighted by atomic mass is 10.1. The molecule has 0 bridgehead atoms. The maximum Gasteiger partial charge on any atom is 0.241 e. The highest BCUT2D eigenvalue weighted by atomic mass is 19.1. The Morgan fingerprint density at radius 2 is 2.14 bits per heavy atom. The minimum absolute atomic E-state index is 0.356. The number of carbonyl (C=O) groups excluding carboxylic acids is 1. The van der Waals surface area contributed by atoms with Crippen molar-refractivity contribution >= 4 is 17.7 Å². The largest absolute Gasteiger partial charge is 0.398 e. The molecule has 0 heterocycles. The number of anilines is 1. The van der Waals surface area contributed by atoms with E-state index in [-0.39, 0.29) is 0 Å². The summed E-state index contributed by atoms with van der Waals surface area (Å²) in [6, 6.07) is 2.53. The van der Waals surface area contributed by atoms with Gasteiger partial charge in [-0.05, 0) is 36.3 Å². The normalized spacial score (nSPS) is 10.7. The molecule has 0 unspecified atom stereocenters. The van der Waals surface area contributed by atoms with Crippen LogP contribution in [0.25, 0.3) is 6.08 Å². The molecule has 0 aliphatic rings. The number of hydrogen-bond acceptors (Lipinski definition) is 2. The molecule has 0 aromatic heterocycles. The predicted molar refractivity (Wildman–Crippen MR) is 53.8 cm³/mol. The topological polar surface area (TPSA) is 69.1 Å². The quantitative estimate of drug-likeness (QED) is 0.549. The van der Waals surface area contributed by atoms with E-state index in [1.54, 1.807) is 6.92 Å². The first-order valence-corrected chi connectivity index (χ1v) is 4.04. The number of nitrogens with two attached hydrogens (primary N) is 2. The van der Waals surface area contributed by atoms with Gasteiger partial charge in [0.15, 0.2) is 0 Å². The van der Waals surface area contributed by atoms with Crippen molar-refractivity contribution in [3.05, 3.63) is 35.2 Å². The van der Waals surface area contributed by atoms with Crippen LogP contribution in [0.15, 0.2) is 18.2 Å². The van der Waals surface area contributed by atoms with E-state index in [0.717, 1.165) is 5.56 Å². The Kier molecular flexibility index (Phi) is 2.86. The maximum atomic E-state index is 12.9. The van der Waals surface area contributed by atoms with E-state index in [1.807, 2.05) is 0 Å². The van der Waals surface area contributed by atoms with Crippen molar-refractivity contribution < 1.29 is 9.18 Å². The zero-order valence-corrected chi connectivity index (χ0v) is 7.75. The molecule has 0 aliphatic carbocycles. The summed E-state index contributed by atoms with van der Waals surface area (Å²) < 4.78 is 12.9. The molecular weight excluding hydrogens is 183 g/mol. The molecule has 1 rings (SSSR count). The van der Waals surface area contributed by atoms with E-state index in [1.165, 1.54) is 24.3 Å². The summed E-state index contributed by atoms with van der Waals surface area (Å²) in [4.78, 5) is 10.5. The van der Waals surface area contributed by atoms with Gasteiger partial charge in [0.05, 0.1) is 0 Å². The molecule has 1 aromatic rings. The van der Waals surface area contributed by atoms with Crippen molar-refractivity contribution in [2.45, 2.75) is 6.92 Å². The van der Waals surface area contributed by atoms with Gasteiger partial charge in [0.2, 0.25) is 5.91 Å². The predicted octanol–water partition coefficient (Wildman–Crippen LogP) is 1.21. The van der Waals surface area contributed by atoms with E-state index in [9.17, 15) is 9.18 Å². The number of amides is 1. The highest BCUT2D eigenvalue weighted by Crippen LogP contribution is 2.19. The van der Waals surface area contributed by atoms with Gasteiger partial charge >= 0.3 is 0 Å². The van der Waals surface area contributed by atoms with Gasteiger partial charge in [-0.2, -0.15) is 0 Å². The number of halogens is 1. The van der Waals surface area contributed by atoms with Crippen molar-refractivity contribution in [1.82, 2.24) is 0 Å². The molecule has 74 valence electrons. The Morgan fingerprint density at radius 1 is 1.50 bits per heavy atom. The van der Waals surface area contributed by atoms with Crippen molar-refractivity contribution in [2.24, 2.45) is 5.73 Å². The first kappa shape index (κ1) is 10.2. The van der Waals surface area contributed by atoms with E-state index >= 15 is 0 Å². The van der Waals surface area contributed by atoms with Gasteiger partial charge in [-0.1, -0.05) is 0 Å². The Hall–Kier alpha value is -1.84. The van der Waals surface area contributed by atoms with E-state index in [4.69, 9.17) is 11.5 Å². The van der Waals surface area contributed by atoms with Crippen molar-refractivity contribution in [3.8, 4) is 0 Å². The van der Waals surface area contributed by atoms with Gasteiger partial charge in [0.25, 0.3) is 0 Å². The number of nitrogen functional groups attached to an aromatic ring is 1. The second-order valence-electron chi connectivity index (χ2n) is 2.94. The number of hydrogen-bond donors (Lipinski definition) is 2. The van der Waals surface area contributed by atoms with Crippen LogP contribution in [0.5, 0.6) is 0 Å². The highest BCUT2D eigenvalue weighted by Gasteiger charge is 2.02. The third kappa shape index (κ3) is 2.32. The molecule has 1 amide bonds. The Bertz CT molecular complexity index is 399. The summed E-state index contributed by atoms with van der Waals surface area (Å²) in [6.45, 7) is 1.75. The van der Waals surface area contributed by atoms with Crippen LogP contribution in [0, 0.1) is 12.7 Å². The Morgan fingerprint density at radius 3 is 2.71 bits per heavy atom. The molecule has 1 aromatic carbocycles. The van der Waals surface area contributed by atoms with Crippen LogP contribution in [0.3, 0.4) is 0 Å². The van der Waals surface area contributed by atoms with Crippen molar-refractivity contribution in [1.29, 1.82) is 0 Å². The lowest BCUT2D eigenvalue weighted by Crippen LogP contribution is -2.05. The van der Waals surface area contributed by atoms with E-state index in [0.29, 0.717) is 11.3 Å². The van der Waals surface area contributed by atoms with Gasteiger partial charge < -0.3 is 11.5 Å². The van der Waals surface area contributed by atoms with Crippen LogP contribution < -0.4 is 11.5 Å². The molecule has 0 spiro atoms. The standard InChI is InChI=1S/C10H11FN2O/c1-6-7(2-3-10(13)14)4-8(11)5-9(6)12/h2-5H,12H2,1H3,(H2,13,14). The third-order valence-corrected chi connectivity index (χ3v) is 1.88. The zero-order valence-electron chi connectivity index (χ0n) is 7.75. The molecule has 0 aliphatic heterocycles. The molecule has 0 saturated carbocycles. The zero-order chi connectivity index (χ0) is 10.7. The lowest BCUT2D eigenvalue weighted by Gasteiger charge is -2.04. The summed E-state index contributed by atoms with van der Waals surface area (Å²) in [5.41, 5.74) is 12.1. The Balaban J connectivity index is 3.14. The molecule has 0 saturated heterocycles. The average molecular weight is 194 g/mol. The summed E-state index contributed by atoms with van der Waals surface area (Å²) in [7, 11) is 0.